The van der Waals surface area contributed by atoms with Crippen molar-refractivity contribution in [1.29, 1.82) is 0 Å². The number of rotatable bonds is 0. The number of hydrogen-bond acceptors (Lipinski definition) is 1. The molecule has 9 heavy (non-hydrogen) atoms. The summed E-state index contributed by atoms with van der Waals surface area (Å²) in [7, 11) is 0. The Balaban J connectivity index is 2.15. The SMILES string of the molecule is C[C@@H]1C2CCC(S2)[C@@H]1C. The van der Waals surface area contributed by atoms with E-state index in [-0.39, 0.29) is 0 Å². The Hall–Kier alpha value is 0.350. The maximum absolute atomic E-state index is 2.42. The molecule has 0 aliphatic carbocycles. The van der Waals surface area contributed by atoms with Gasteiger partial charge in [-0.1, -0.05) is 13.8 Å². The predicted molar refractivity (Wildman–Crippen MR) is 42.7 cm³/mol. The molecule has 0 aromatic heterocycles. The predicted octanol–water partition coefficient (Wildman–Crippen LogP) is 2.54. The number of fused-ring (bicyclic) bond motifs is 2. The molecule has 2 rings (SSSR count). The minimum absolute atomic E-state index is 1.01. The third-order valence-electron chi connectivity index (χ3n) is 3.09. The maximum atomic E-state index is 2.42. The van der Waals surface area contributed by atoms with E-state index in [9.17, 15) is 0 Å². The highest BCUT2D eigenvalue weighted by Gasteiger charge is 2.43. The quantitative estimate of drug-likeness (QED) is 0.501. The highest BCUT2D eigenvalue weighted by Crippen LogP contribution is 2.52. The molecule has 0 spiro atoms. The summed E-state index contributed by atoms with van der Waals surface area (Å²) in [5.74, 6) is 2.02. The Morgan fingerprint density at radius 3 is 1.67 bits per heavy atom. The van der Waals surface area contributed by atoms with Gasteiger partial charge in [-0.25, -0.2) is 0 Å². The molecule has 2 fully saturated rings. The topological polar surface area (TPSA) is 0 Å². The second-order valence-corrected chi connectivity index (χ2v) is 4.99. The molecule has 2 unspecified atom stereocenters. The fourth-order valence-electron chi connectivity index (χ4n) is 2.14. The number of hydrogen-bond donors (Lipinski definition) is 0. The summed E-state index contributed by atoms with van der Waals surface area (Å²) in [6.45, 7) is 4.84. The lowest BCUT2D eigenvalue weighted by Crippen LogP contribution is -2.21. The molecule has 2 bridgehead atoms. The van der Waals surface area contributed by atoms with Crippen molar-refractivity contribution in [3.63, 3.8) is 0 Å². The van der Waals surface area contributed by atoms with Crippen molar-refractivity contribution in [2.75, 3.05) is 0 Å². The van der Waals surface area contributed by atoms with Gasteiger partial charge in [0.1, 0.15) is 0 Å². The Labute approximate surface area is 61.4 Å². The van der Waals surface area contributed by atoms with E-state index in [0.717, 1.165) is 22.3 Å². The molecular formula is C8H14S. The van der Waals surface area contributed by atoms with Crippen molar-refractivity contribution in [1.82, 2.24) is 0 Å². The molecule has 52 valence electrons. The first-order chi connectivity index (χ1) is 4.29. The third-order valence-corrected chi connectivity index (χ3v) is 5.12. The van der Waals surface area contributed by atoms with Crippen molar-refractivity contribution < 1.29 is 0 Å². The highest BCUT2D eigenvalue weighted by molar-refractivity contribution is 8.01. The van der Waals surface area contributed by atoms with Crippen molar-refractivity contribution in [2.24, 2.45) is 11.8 Å². The molecule has 2 heterocycles. The third kappa shape index (κ3) is 0.739. The van der Waals surface area contributed by atoms with Crippen LogP contribution in [0.5, 0.6) is 0 Å². The van der Waals surface area contributed by atoms with Gasteiger partial charge in [0.2, 0.25) is 0 Å². The number of thioether (sulfide) groups is 1. The van der Waals surface area contributed by atoms with Gasteiger partial charge in [0.15, 0.2) is 0 Å². The van der Waals surface area contributed by atoms with Gasteiger partial charge in [-0.05, 0) is 24.7 Å². The normalized spacial score (nSPS) is 56.7. The van der Waals surface area contributed by atoms with Crippen LogP contribution in [0.1, 0.15) is 26.7 Å². The summed E-state index contributed by atoms with van der Waals surface area (Å²) in [6, 6.07) is 0. The van der Waals surface area contributed by atoms with Crippen LogP contribution in [0.25, 0.3) is 0 Å². The molecule has 2 saturated heterocycles. The molecule has 2 aliphatic rings. The summed E-state index contributed by atoms with van der Waals surface area (Å²) in [5.41, 5.74) is 0. The minimum atomic E-state index is 1.01. The largest absolute Gasteiger partial charge is 0.155 e. The van der Waals surface area contributed by atoms with E-state index < -0.39 is 0 Å². The molecule has 0 N–H and O–H groups in total. The maximum Gasteiger partial charge on any atom is 0.00789 e. The van der Waals surface area contributed by atoms with Gasteiger partial charge in [0.05, 0.1) is 0 Å². The van der Waals surface area contributed by atoms with Crippen LogP contribution in [0, 0.1) is 11.8 Å². The van der Waals surface area contributed by atoms with Crippen LogP contribution >= 0.6 is 11.8 Å². The van der Waals surface area contributed by atoms with E-state index in [1.807, 2.05) is 0 Å². The van der Waals surface area contributed by atoms with Crippen molar-refractivity contribution in [3.8, 4) is 0 Å². The average molecular weight is 142 g/mol. The summed E-state index contributed by atoms with van der Waals surface area (Å²) in [4.78, 5) is 0. The van der Waals surface area contributed by atoms with Crippen LogP contribution in [0.2, 0.25) is 0 Å². The standard InChI is InChI=1S/C8H14S/c1-5-6(2)8-4-3-7(5)9-8/h5-8H,3-4H2,1-2H3/t5-,6+,7?,8?. The van der Waals surface area contributed by atoms with Crippen molar-refractivity contribution in [3.05, 3.63) is 0 Å². The zero-order valence-electron chi connectivity index (χ0n) is 6.13. The fourth-order valence-corrected chi connectivity index (χ4v) is 4.12. The lowest BCUT2D eigenvalue weighted by atomic mass is 9.82. The monoisotopic (exact) mass is 142 g/mol. The molecule has 4 atom stereocenters. The molecule has 0 aromatic carbocycles. The molecule has 0 radical (unpaired) electrons. The molecular weight excluding hydrogens is 128 g/mol. The fraction of sp³-hybridized carbons (Fsp3) is 1.00. The van der Waals surface area contributed by atoms with Crippen LogP contribution in [0.15, 0.2) is 0 Å². The summed E-state index contributed by atoms with van der Waals surface area (Å²) < 4.78 is 0. The van der Waals surface area contributed by atoms with Gasteiger partial charge in [-0.15, -0.1) is 0 Å². The summed E-state index contributed by atoms with van der Waals surface area (Å²) >= 11 is 2.25. The first kappa shape index (κ1) is 6.09. The summed E-state index contributed by atoms with van der Waals surface area (Å²) in [6.07, 6.45) is 3.00. The Bertz CT molecular complexity index is 104. The average Bonchev–Trinajstić information content (AvgIpc) is 2.37. The van der Waals surface area contributed by atoms with E-state index >= 15 is 0 Å². The van der Waals surface area contributed by atoms with Crippen LogP contribution in [0.4, 0.5) is 0 Å². The molecule has 0 aromatic rings. The first-order valence-corrected chi connectivity index (χ1v) is 4.89. The van der Waals surface area contributed by atoms with Gasteiger partial charge < -0.3 is 0 Å². The van der Waals surface area contributed by atoms with Crippen LogP contribution in [-0.2, 0) is 0 Å². The van der Waals surface area contributed by atoms with Gasteiger partial charge in [-0.2, -0.15) is 11.8 Å². The molecule has 0 nitrogen and oxygen atoms in total. The molecule has 2 aliphatic heterocycles. The van der Waals surface area contributed by atoms with E-state index in [1.54, 1.807) is 0 Å². The molecule has 1 heteroatoms. The zero-order valence-corrected chi connectivity index (χ0v) is 6.95. The minimum Gasteiger partial charge on any atom is -0.155 e. The highest BCUT2D eigenvalue weighted by atomic mass is 32.2. The smallest absolute Gasteiger partial charge is 0.00789 e. The van der Waals surface area contributed by atoms with Crippen LogP contribution in [-0.4, -0.2) is 10.5 Å². The Morgan fingerprint density at radius 2 is 1.44 bits per heavy atom. The van der Waals surface area contributed by atoms with E-state index in [0.29, 0.717) is 0 Å². The Kier molecular flexibility index (Phi) is 1.29. The lowest BCUT2D eigenvalue weighted by Gasteiger charge is -2.22. The van der Waals surface area contributed by atoms with Crippen molar-refractivity contribution in [2.45, 2.75) is 37.2 Å². The van der Waals surface area contributed by atoms with Gasteiger partial charge in [0, 0.05) is 10.5 Å². The summed E-state index contributed by atoms with van der Waals surface area (Å²) in [5, 5.41) is 2.06. The first-order valence-electron chi connectivity index (χ1n) is 3.94. The Morgan fingerprint density at radius 1 is 1.00 bits per heavy atom. The van der Waals surface area contributed by atoms with Crippen molar-refractivity contribution >= 4 is 11.8 Å². The van der Waals surface area contributed by atoms with E-state index in [1.165, 1.54) is 12.8 Å². The van der Waals surface area contributed by atoms with Crippen LogP contribution in [0.3, 0.4) is 0 Å². The second kappa shape index (κ2) is 1.91. The van der Waals surface area contributed by atoms with E-state index in [2.05, 4.69) is 25.6 Å². The van der Waals surface area contributed by atoms with Gasteiger partial charge >= 0.3 is 0 Å². The van der Waals surface area contributed by atoms with Crippen LogP contribution < -0.4 is 0 Å². The second-order valence-electron chi connectivity index (χ2n) is 3.51. The van der Waals surface area contributed by atoms with E-state index in [4.69, 9.17) is 0 Å². The van der Waals surface area contributed by atoms with Gasteiger partial charge in [0.25, 0.3) is 0 Å². The molecule has 0 amide bonds. The zero-order chi connectivity index (χ0) is 6.43. The van der Waals surface area contributed by atoms with Gasteiger partial charge in [-0.3, -0.25) is 0 Å². The lowest BCUT2D eigenvalue weighted by molar-refractivity contribution is 0.330. The molecule has 0 saturated carbocycles.